The third-order valence-corrected chi connectivity index (χ3v) is 4.79. The van der Waals surface area contributed by atoms with Crippen molar-refractivity contribution in [1.29, 1.82) is 0 Å². The molecule has 0 saturated carbocycles. The summed E-state index contributed by atoms with van der Waals surface area (Å²) in [5.74, 6) is 1.18. The maximum Gasteiger partial charge on any atom is 0.131 e. The third kappa shape index (κ3) is 2.54. The van der Waals surface area contributed by atoms with Gasteiger partial charge in [-0.1, -0.05) is 6.07 Å². The van der Waals surface area contributed by atoms with Crippen LogP contribution in [0.4, 0.5) is 4.39 Å². The molecule has 3 heterocycles. The largest absolute Gasteiger partial charge is 0.496 e. The number of methoxy groups -OCH3 is 1. The number of ether oxygens (including phenoxy) is 1. The summed E-state index contributed by atoms with van der Waals surface area (Å²) in [6, 6.07) is 5.46. The van der Waals surface area contributed by atoms with Gasteiger partial charge in [0.2, 0.25) is 0 Å². The topological polar surface area (TPSA) is 24.5 Å². The Morgan fingerprint density at radius 2 is 2.10 bits per heavy atom. The van der Waals surface area contributed by atoms with Gasteiger partial charge in [-0.15, -0.1) is 0 Å². The predicted molar refractivity (Wildman–Crippen MR) is 77.5 cm³/mol. The Balaban J connectivity index is 1.75. The SMILES string of the molecule is COc1cccc(F)c1C(C)NC1CN2CCC1CC2. The van der Waals surface area contributed by atoms with E-state index in [0.717, 1.165) is 12.5 Å². The lowest BCUT2D eigenvalue weighted by Gasteiger charge is -2.46. The third-order valence-electron chi connectivity index (χ3n) is 4.79. The number of hydrogen-bond donors (Lipinski definition) is 1. The van der Waals surface area contributed by atoms with E-state index in [1.54, 1.807) is 13.2 Å². The van der Waals surface area contributed by atoms with Crippen LogP contribution in [-0.2, 0) is 0 Å². The summed E-state index contributed by atoms with van der Waals surface area (Å²) < 4.78 is 19.4. The zero-order chi connectivity index (χ0) is 14.1. The van der Waals surface area contributed by atoms with Gasteiger partial charge in [0.1, 0.15) is 11.6 Å². The smallest absolute Gasteiger partial charge is 0.131 e. The van der Waals surface area contributed by atoms with E-state index >= 15 is 0 Å². The highest BCUT2D eigenvalue weighted by Crippen LogP contribution is 2.32. The van der Waals surface area contributed by atoms with Crippen molar-refractivity contribution >= 4 is 0 Å². The van der Waals surface area contributed by atoms with Crippen molar-refractivity contribution in [2.24, 2.45) is 5.92 Å². The molecule has 0 radical (unpaired) electrons. The van der Waals surface area contributed by atoms with Crippen LogP contribution in [0.2, 0.25) is 0 Å². The van der Waals surface area contributed by atoms with Gasteiger partial charge in [0, 0.05) is 24.2 Å². The van der Waals surface area contributed by atoms with Crippen LogP contribution >= 0.6 is 0 Å². The Kier molecular flexibility index (Phi) is 3.94. The van der Waals surface area contributed by atoms with Crippen molar-refractivity contribution in [2.45, 2.75) is 31.8 Å². The first-order valence-electron chi connectivity index (χ1n) is 7.50. The fraction of sp³-hybridized carbons (Fsp3) is 0.625. The second-order valence-electron chi connectivity index (χ2n) is 5.99. The highest BCUT2D eigenvalue weighted by Gasteiger charge is 2.35. The summed E-state index contributed by atoms with van der Waals surface area (Å²) in [7, 11) is 1.60. The van der Waals surface area contributed by atoms with E-state index in [4.69, 9.17) is 4.74 Å². The zero-order valence-corrected chi connectivity index (χ0v) is 12.2. The number of fused-ring (bicyclic) bond motifs is 3. The van der Waals surface area contributed by atoms with Gasteiger partial charge in [-0.3, -0.25) is 0 Å². The fourth-order valence-corrected chi connectivity index (χ4v) is 3.67. The summed E-state index contributed by atoms with van der Waals surface area (Å²) in [4.78, 5) is 2.50. The van der Waals surface area contributed by atoms with Gasteiger partial charge >= 0.3 is 0 Å². The van der Waals surface area contributed by atoms with Crippen LogP contribution in [0.15, 0.2) is 18.2 Å². The average Bonchev–Trinajstić information content (AvgIpc) is 2.48. The highest BCUT2D eigenvalue weighted by atomic mass is 19.1. The first-order valence-corrected chi connectivity index (χ1v) is 7.50. The Morgan fingerprint density at radius 3 is 2.70 bits per heavy atom. The average molecular weight is 278 g/mol. The van der Waals surface area contributed by atoms with Gasteiger partial charge in [0.15, 0.2) is 0 Å². The highest BCUT2D eigenvalue weighted by molar-refractivity contribution is 5.37. The molecule has 3 saturated heterocycles. The van der Waals surface area contributed by atoms with E-state index < -0.39 is 0 Å². The zero-order valence-electron chi connectivity index (χ0n) is 12.2. The molecule has 3 fully saturated rings. The molecule has 1 N–H and O–H groups in total. The lowest BCUT2D eigenvalue weighted by Crippen LogP contribution is -2.56. The molecule has 2 bridgehead atoms. The van der Waals surface area contributed by atoms with Crippen LogP contribution in [0.5, 0.6) is 5.75 Å². The maximum atomic E-state index is 14.1. The molecule has 4 rings (SSSR count). The van der Waals surface area contributed by atoms with E-state index in [-0.39, 0.29) is 11.9 Å². The van der Waals surface area contributed by atoms with Crippen LogP contribution in [-0.4, -0.2) is 37.7 Å². The minimum atomic E-state index is -0.189. The molecular weight excluding hydrogens is 255 g/mol. The normalized spacial score (nSPS) is 30.2. The molecule has 0 spiro atoms. The van der Waals surface area contributed by atoms with Gasteiger partial charge in [0.25, 0.3) is 0 Å². The molecule has 0 aromatic heterocycles. The molecule has 2 atom stereocenters. The van der Waals surface area contributed by atoms with E-state index in [2.05, 4.69) is 10.2 Å². The number of nitrogens with one attached hydrogen (secondary N) is 1. The molecule has 3 aliphatic rings. The minimum absolute atomic E-state index is 0.0308. The summed E-state index contributed by atoms with van der Waals surface area (Å²) >= 11 is 0. The van der Waals surface area contributed by atoms with Crippen molar-refractivity contribution in [2.75, 3.05) is 26.7 Å². The van der Waals surface area contributed by atoms with Gasteiger partial charge in [-0.05, 0) is 50.9 Å². The first kappa shape index (κ1) is 13.8. The van der Waals surface area contributed by atoms with E-state index in [9.17, 15) is 4.39 Å². The minimum Gasteiger partial charge on any atom is -0.496 e. The monoisotopic (exact) mass is 278 g/mol. The van der Waals surface area contributed by atoms with Crippen LogP contribution in [0.3, 0.4) is 0 Å². The summed E-state index contributed by atoms with van der Waals surface area (Å²) in [5, 5.41) is 3.62. The van der Waals surface area contributed by atoms with Gasteiger partial charge < -0.3 is 15.0 Å². The van der Waals surface area contributed by atoms with Crippen molar-refractivity contribution in [3.8, 4) is 5.75 Å². The van der Waals surface area contributed by atoms with E-state index in [1.807, 2.05) is 13.0 Å². The molecule has 20 heavy (non-hydrogen) atoms. The Labute approximate surface area is 120 Å². The Bertz CT molecular complexity index is 472. The molecule has 110 valence electrons. The molecule has 0 amide bonds. The van der Waals surface area contributed by atoms with E-state index in [1.165, 1.54) is 32.0 Å². The van der Waals surface area contributed by atoms with Gasteiger partial charge in [-0.25, -0.2) is 4.39 Å². The first-order chi connectivity index (χ1) is 9.69. The molecule has 4 heteroatoms. The Hall–Kier alpha value is -1.13. The lowest BCUT2D eigenvalue weighted by molar-refractivity contribution is 0.0676. The molecule has 1 aromatic carbocycles. The maximum absolute atomic E-state index is 14.1. The molecule has 1 aromatic rings. The van der Waals surface area contributed by atoms with Crippen molar-refractivity contribution in [1.82, 2.24) is 10.2 Å². The second kappa shape index (κ2) is 5.70. The van der Waals surface area contributed by atoms with Crippen molar-refractivity contribution in [3.05, 3.63) is 29.6 Å². The standard InChI is InChI=1S/C16H23FN2O/c1-11(16-13(17)4-3-5-15(16)20-2)18-14-10-19-8-6-12(14)7-9-19/h3-5,11-12,14,18H,6-10H2,1-2H3. The molecule has 3 nitrogen and oxygen atoms in total. The number of hydrogen-bond acceptors (Lipinski definition) is 3. The number of piperidine rings is 3. The van der Waals surface area contributed by atoms with Crippen molar-refractivity contribution < 1.29 is 9.13 Å². The number of rotatable bonds is 4. The predicted octanol–water partition coefficient (Wildman–Crippen LogP) is 2.58. The van der Waals surface area contributed by atoms with Crippen LogP contribution in [0.1, 0.15) is 31.4 Å². The quantitative estimate of drug-likeness (QED) is 0.916. The number of halogens is 1. The Morgan fingerprint density at radius 1 is 1.35 bits per heavy atom. The van der Waals surface area contributed by atoms with Crippen LogP contribution in [0.25, 0.3) is 0 Å². The van der Waals surface area contributed by atoms with Gasteiger partial charge in [0.05, 0.1) is 7.11 Å². The lowest BCUT2D eigenvalue weighted by atomic mass is 9.83. The van der Waals surface area contributed by atoms with Crippen LogP contribution < -0.4 is 10.1 Å². The molecule has 2 unspecified atom stereocenters. The molecule has 3 aliphatic heterocycles. The van der Waals surface area contributed by atoms with Crippen molar-refractivity contribution in [3.63, 3.8) is 0 Å². The second-order valence-corrected chi connectivity index (χ2v) is 5.99. The number of benzene rings is 1. The summed E-state index contributed by atoms with van der Waals surface area (Å²) in [5.41, 5.74) is 0.645. The van der Waals surface area contributed by atoms with E-state index in [0.29, 0.717) is 17.4 Å². The molecule has 0 aliphatic carbocycles. The van der Waals surface area contributed by atoms with Crippen LogP contribution in [0, 0.1) is 11.7 Å². The van der Waals surface area contributed by atoms with Gasteiger partial charge in [-0.2, -0.15) is 0 Å². The number of nitrogens with zero attached hydrogens (tertiary/aromatic N) is 1. The summed E-state index contributed by atoms with van der Waals surface area (Å²) in [6.07, 6.45) is 2.53. The fourth-order valence-electron chi connectivity index (χ4n) is 3.67. The summed E-state index contributed by atoms with van der Waals surface area (Å²) in [6.45, 7) is 5.56. The molecular formula is C16H23FN2O.